The molecule has 15 heavy (non-hydrogen) atoms. The molecule has 1 saturated carbocycles. The summed E-state index contributed by atoms with van der Waals surface area (Å²) in [6.07, 6.45) is 1.61. The number of carbonyl (C=O) groups excluding carboxylic acids is 1. The number of aliphatic carboxylic acids is 1. The summed E-state index contributed by atoms with van der Waals surface area (Å²) in [5, 5.41) is 11.6. The number of hydrogen-bond acceptors (Lipinski definition) is 2. The standard InChI is InChI=1S/C11H17NO3/c1-5-6(2)12-9(13)7-8(10(14)15)11(7,3)4/h5-8H,1H2,2-4H3,(H,12,13)(H,14,15). The fourth-order valence-electron chi connectivity index (χ4n) is 1.96. The van der Waals surface area contributed by atoms with Gasteiger partial charge in [-0.25, -0.2) is 0 Å². The van der Waals surface area contributed by atoms with Gasteiger partial charge in [0.2, 0.25) is 5.91 Å². The van der Waals surface area contributed by atoms with E-state index in [9.17, 15) is 9.59 Å². The number of amides is 1. The summed E-state index contributed by atoms with van der Waals surface area (Å²) < 4.78 is 0. The molecule has 2 N–H and O–H groups in total. The van der Waals surface area contributed by atoms with Crippen molar-refractivity contribution >= 4 is 11.9 Å². The van der Waals surface area contributed by atoms with Crippen LogP contribution in [0.5, 0.6) is 0 Å². The third-order valence-electron chi connectivity index (χ3n) is 3.10. The molecule has 0 saturated heterocycles. The van der Waals surface area contributed by atoms with Crippen molar-refractivity contribution in [2.75, 3.05) is 0 Å². The van der Waals surface area contributed by atoms with Crippen LogP contribution in [0, 0.1) is 17.3 Å². The van der Waals surface area contributed by atoms with Crippen molar-refractivity contribution in [3.05, 3.63) is 12.7 Å². The third kappa shape index (κ3) is 2.03. The highest BCUT2D eigenvalue weighted by atomic mass is 16.4. The topological polar surface area (TPSA) is 66.4 Å². The monoisotopic (exact) mass is 211 g/mol. The average Bonchev–Trinajstić information content (AvgIpc) is 2.68. The SMILES string of the molecule is C=CC(C)NC(=O)C1C(C(=O)O)C1(C)C. The number of carboxylic acid groups (broad SMARTS) is 1. The van der Waals surface area contributed by atoms with Gasteiger partial charge in [-0.1, -0.05) is 19.9 Å². The molecule has 4 nitrogen and oxygen atoms in total. The van der Waals surface area contributed by atoms with E-state index in [-0.39, 0.29) is 11.9 Å². The van der Waals surface area contributed by atoms with Gasteiger partial charge in [-0.2, -0.15) is 0 Å². The molecular weight excluding hydrogens is 194 g/mol. The number of carboxylic acids is 1. The molecule has 3 atom stereocenters. The average molecular weight is 211 g/mol. The number of carbonyl (C=O) groups is 2. The Balaban J connectivity index is 2.64. The Morgan fingerprint density at radius 2 is 2.00 bits per heavy atom. The summed E-state index contributed by atoms with van der Waals surface area (Å²) in [5.74, 6) is -2.07. The lowest BCUT2D eigenvalue weighted by Gasteiger charge is -2.09. The van der Waals surface area contributed by atoms with Crippen LogP contribution in [0.2, 0.25) is 0 Å². The van der Waals surface area contributed by atoms with Gasteiger partial charge in [-0.3, -0.25) is 9.59 Å². The second-order valence-corrected chi connectivity index (χ2v) is 4.65. The minimum atomic E-state index is -0.897. The lowest BCUT2D eigenvalue weighted by Crippen LogP contribution is -2.33. The summed E-state index contributed by atoms with van der Waals surface area (Å²) in [7, 11) is 0. The zero-order chi connectivity index (χ0) is 11.8. The number of hydrogen-bond donors (Lipinski definition) is 2. The fourth-order valence-corrected chi connectivity index (χ4v) is 1.96. The molecule has 3 unspecified atom stereocenters. The molecule has 4 heteroatoms. The largest absolute Gasteiger partial charge is 0.481 e. The molecule has 0 aromatic carbocycles. The van der Waals surface area contributed by atoms with Gasteiger partial charge in [-0.05, 0) is 12.3 Å². The highest BCUT2D eigenvalue weighted by Crippen LogP contribution is 2.58. The first-order chi connectivity index (χ1) is 6.82. The first kappa shape index (κ1) is 11.8. The van der Waals surface area contributed by atoms with E-state index in [0.29, 0.717) is 0 Å². The lowest BCUT2D eigenvalue weighted by molar-refractivity contribution is -0.140. The van der Waals surface area contributed by atoms with Crippen molar-refractivity contribution in [1.82, 2.24) is 5.32 Å². The predicted molar refractivity (Wildman–Crippen MR) is 56.2 cm³/mol. The molecule has 1 fully saturated rings. The van der Waals surface area contributed by atoms with E-state index in [1.807, 2.05) is 0 Å². The van der Waals surface area contributed by atoms with Crippen molar-refractivity contribution in [3.63, 3.8) is 0 Å². The first-order valence-electron chi connectivity index (χ1n) is 4.98. The minimum absolute atomic E-state index is 0.122. The van der Waals surface area contributed by atoms with Crippen molar-refractivity contribution < 1.29 is 14.7 Å². The zero-order valence-electron chi connectivity index (χ0n) is 9.28. The first-order valence-corrected chi connectivity index (χ1v) is 4.98. The zero-order valence-corrected chi connectivity index (χ0v) is 9.28. The van der Waals surface area contributed by atoms with E-state index in [0.717, 1.165) is 0 Å². The van der Waals surface area contributed by atoms with Crippen LogP contribution >= 0.6 is 0 Å². The van der Waals surface area contributed by atoms with Gasteiger partial charge in [0, 0.05) is 6.04 Å². The van der Waals surface area contributed by atoms with Crippen LogP contribution in [0.4, 0.5) is 0 Å². The van der Waals surface area contributed by atoms with Crippen LogP contribution in [-0.4, -0.2) is 23.0 Å². The summed E-state index contributed by atoms with van der Waals surface area (Å²) in [6, 6.07) is -0.122. The lowest BCUT2D eigenvalue weighted by atomic mass is 10.1. The molecule has 1 amide bonds. The summed E-state index contributed by atoms with van der Waals surface area (Å²) in [6.45, 7) is 8.95. The fraction of sp³-hybridized carbons (Fsp3) is 0.636. The van der Waals surface area contributed by atoms with Gasteiger partial charge in [0.05, 0.1) is 11.8 Å². The quantitative estimate of drug-likeness (QED) is 0.683. The maximum absolute atomic E-state index is 11.7. The molecule has 0 radical (unpaired) electrons. The second-order valence-electron chi connectivity index (χ2n) is 4.65. The maximum Gasteiger partial charge on any atom is 0.307 e. The molecular formula is C11H17NO3. The van der Waals surface area contributed by atoms with E-state index < -0.39 is 23.2 Å². The van der Waals surface area contributed by atoms with Crippen molar-refractivity contribution in [2.45, 2.75) is 26.8 Å². The molecule has 0 bridgehead atoms. The molecule has 1 rings (SSSR count). The summed E-state index contributed by atoms with van der Waals surface area (Å²) >= 11 is 0. The second kappa shape index (κ2) is 3.68. The molecule has 0 aromatic rings. The van der Waals surface area contributed by atoms with Gasteiger partial charge in [0.15, 0.2) is 0 Å². The molecule has 1 aliphatic carbocycles. The van der Waals surface area contributed by atoms with Crippen LogP contribution < -0.4 is 5.32 Å². The van der Waals surface area contributed by atoms with Gasteiger partial charge in [-0.15, -0.1) is 6.58 Å². The maximum atomic E-state index is 11.7. The van der Waals surface area contributed by atoms with E-state index in [4.69, 9.17) is 5.11 Å². The van der Waals surface area contributed by atoms with Crippen LogP contribution in [-0.2, 0) is 9.59 Å². The molecule has 0 aliphatic heterocycles. The summed E-state index contributed by atoms with van der Waals surface area (Å²) in [5.41, 5.74) is -0.434. The van der Waals surface area contributed by atoms with Crippen molar-refractivity contribution in [2.24, 2.45) is 17.3 Å². The Labute approximate surface area is 89.4 Å². The predicted octanol–water partition coefficient (Wildman–Crippen LogP) is 1.03. The Kier molecular flexibility index (Phi) is 2.88. The van der Waals surface area contributed by atoms with Gasteiger partial charge >= 0.3 is 5.97 Å². The smallest absolute Gasteiger partial charge is 0.307 e. The van der Waals surface area contributed by atoms with Crippen LogP contribution in [0.3, 0.4) is 0 Å². The Hall–Kier alpha value is -1.32. The Morgan fingerprint density at radius 3 is 2.33 bits per heavy atom. The third-order valence-corrected chi connectivity index (χ3v) is 3.10. The Morgan fingerprint density at radius 1 is 1.47 bits per heavy atom. The molecule has 0 aromatic heterocycles. The number of rotatable bonds is 4. The highest BCUT2D eigenvalue weighted by Gasteiger charge is 2.65. The van der Waals surface area contributed by atoms with E-state index in [1.54, 1.807) is 26.8 Å². The molecule has 84 valence electrons. The van der Waals surface area contributed by atoms with Crippen LogP contribution in [0.25, 0.3) is 0 Å². The molecule has 1 aliphatic rings. The molecule has 0 heterocycles. The Bertz CT molecular complexity index is 309. The van der Waals surface area contributed by atoms with Crippen molar-refractivity contribution in [3.8, 4) is 0 Å². The summed E-state index contributed by atoms with van der Waals surface area (Å²) in [4.78, 5) is 22.5. The van der Waals surface area contributed by atoms with E-state index in [1.165, 1.54) is 0 Å². The minimum Gasteiger partial charge on any atom is -0.481 e. The normalized spacial score (nSPS) is 29.0. The van der Waals surface area contributed by atoms with Gasteiger partial charge < -0.3 is 10.4 Å². The van der Waals surface area contributed by atoms with E-state index >= 15 is 0 Å². The van der Waals surface area contributed by atoms with Crippen molar-refractivity contribution in [1.29, 1.82) is 0 Å². The molecule has 0 spiro atoms. The van der Waals surface area contributed by atoms with Gasteiger partial charge in [0.25, 0.3) is 0 Å². The van der Waals surface area contributed by atoms with E-state index in [2.05, 4.69) is 11.9 Å². The van der Waals surface area contributed by atoms with Gasteiger partial charge in [0.1, 0.15) is 0 Å². The van der Waals surface area contributed by atoms with Crippen LogP contribution in [0.1, 0.15) is 20.8 Å². The number of nitrogens with one attached hydrogen (secondary N) is 1. The van der Waals surface area contributed by atoms with Crippen LogP contribution in [0.15, 0.2) is 12.7 Å². The highest BCUT2D eigenvalue weighted by molar-refractivity contribution is 5.91.